The number of carbonyl (C=O) groups excluding carboxylic acids is 1. The van der Waals surface area contributed by atoms with Gasteiger partial charge in [-0.1, -0.05) is 43.7 Å². The summed E-state index contributed by atoms with van der Waals surface area (Å²) in [6.45, 7) is 2.02. The fourth-order valence-corrected chi connectivity index (χ4v) is 2.95. The van der Waals surface area contributed by atoms with Gasteiger partial charge in [-0.25, -0.2) is 0 Å². The third-order valence-corrected chi connectivity index (χ3v) is 4.10. The molecule has 1 aromatic carbocycles. The molecule has 0 bridgehead atoms. The maximum atomic E-state index is 12.3. The smallest absolute Gasteiger partial charge is 0.307 e. The maximum Gasteiger partial charge on any atom is 0.307 e. The van der Waals surface area contributed by atoms with Crippen LogP contribution in [0.1, 0.15) is 44.2 Å². The van der Waals surface area contributed by atoms with Crippen LogP contribution in [0.4, 0.5) is 0 Å². The van der Waals surface area contributed by atoms with Gasteiger partial charge in [0.15, 0.2) is 0 Å². The highest BCUT2D eigenvalue weighted by molar-refractivity contribution is 5.85. The van der Waals surface area contributed by atoms with Gasteiger partial charge in [0.2, 0.25) is 5.91 Å². The lowest BCUT2D eigenvalue weighted by Crippen LogP contribution is -2.37. The molecule has 0 aromatic heterocycles. The van der Waals surface area contributed by atoms with E-state index in [2.05, 4.69) is 5.32 Å². The van der Waals surface area contributed by atoms with Gasteiger partial charge >= 0.3 is 5.97 Å². The van der Waals surface area contributed by atoms with Crippen LogP contribution < -0.4 is 5.32 Å². The molecule has 2 rings (SSSR count). The van der Waals surface area contributed by atoms with Gasteiger partial charge in [0.05, 0.1) is 17.9 Å². The average molecular weight is 275 g/mol. The van der Waals surface area contributed by atoms with Crippen LogP contribution in [-0.2, 0) is 9.59 Å². The molecule has 108 valence electrons. The fraction of sp³-hybridized carbons (Fsp3) is 0.500. The molecule has 4 heteroatoms. The predicted molar refractivity (Wildman–Crippen MR) is 76.1 cm³/mol. The van der Waals surface area contributed by atoms with E-state index in [9.17, 15) is 9.59 Å². The second-order valence-electron chi connectivity index (χ2n) is 5.36. The molecular formula is C16H21NO3. The van der Waals surface area contributed by atoms with E-state index in [1.54, 1.807) is 0 Å². The van der Waals surface area contributed by atoms with E-state index in [4.69, 9.17) is 5.11 Å². The Kier molecular flexibility index (Phi) is 4.77. The monoisotopic (exact) mass is 275 g/mol. The standard InChI is InChI=1S/C16H21NO3/c1-2-14(11-7-4-3-5-8-11)17-15(18)12-9-6-10-13(12)16(19)20/h3-5,7-8,12-14H,2,6,9-10H2,1H3,(H,17,18)(H,19,20). The highest BCUT2D eigenvalue weighted by atomic mass is 16.4. The number of aliphatic carboxylic acids is 1. The van der Waals surface area contributed by atoms with Crippen molar-refractivity contribution in [2.45, 2.75) is 38.6 Å². The van der Waals surface area contributed by atoms with Crippen molar-refractivity contribution < 1.29 is 14.7 Å². The molecule has 1 aliphatic carbocycles. The first-order valence-corrected chi connectivity index (χ1v) is 7.21. The summed E-state index contributed by atoms with van der Waals surface area (Å²) in [5, 5.41) is 12.2. The van der Waals surface area contributed by atoms with Crippen molar-refractivity contribution in [3.63, 3.8) is 0 Å². The summed E-state index contributed by atoms with van der Waals surface area (Å²) in [6.07, 6.45) is 2.89. The average Bonchev–Trinajstić information content (AvgIpc) is 2.95. The summed E-state index contributed by atoms with van der Waals surface area (Å²) in [7, 11) is 0. The Morgan fingerprint density at radius 3 is 2.50 bits per heavy atom. The Balaban J connectivity index is 2.04. The van der Waals surface area contributed by atoms with Gasteiger partial charge in [-0.05, 0) is 24.8 Å². The molecule has 3 unspecified atom stereocenters. The third kappa shape index (κ3) is 3.18. The van der Waals surface area contributed by atoms with Crippen LogP contribution >= 0.6 is 0 Å². The molecule has 20 heavy (non-hydrogen) atoms. The SMILES string of the molecule is CCC(NC(=O)C1CCCC1C(=O)O)c1ccccc1. The summed E-state index contributed by atoms with van der Waals surface area (Å²) >= 11 is 0. The Morgan fingerprint density at radius 2 is 1.90 bits per heavy atom. The summed E-state index contributed by atoms with van der Waals surface area (Å²) in [6, 6.07) is 9.75. The molecule has 0 aliphatic heterocycles. The van der Waals surface area contributed by atoms with Gasteiger partial charge in [-0.2, -0.15) is 0 Å². The van der Waals surface area contributed by atoms with E-state index < -0.39 is 11.9 Å². The van der Waals surface area contributed by atoms with Crippen LogP contribution in [0.2, 0.25) is 0 Å². The highest BCUT2D eigenvalue weighted by Gasteiger charge is 2.38. The molecule has 4 nitrogen and oxygen atoms in total. The first kappa shape index (κ1) is 14.6. The summed E-state index contributed by atoms with van der Waals surface area (Å²) < 4.78 is 0. The second-order valence-corrected chi connectivity index (χ2v) is 5.36. The first-order valence-electron chi connectivity index (χ1n) is 7.21. The van der Waals surface area contributed by atoms with Crippen LogP contribution in [0.25, 0.3) is 0 Å². The number of carboxylic acid groups (broad SMARTS) is 1. The van der Waals surface area contributed by atoms with Crippen LogP contribution in [0, 0.1) is 11.8 Å². The lowest BCUT2D eigenvalue weighted by molar-refractivity contribution is -0.146. The third-order valence-electron chi connectivity index (χ3n) is 4.10. The van der Waals surface area contributed by atoms with Crippen LogP contribution in [0.5, 0.6) is 0 Å². The van der Waals surface area contributed by atoms with E-state index in [1.165, 1.54) is 0 Å². The van der Waals surface area contributed by atoms with Gasteiger partial charge < -0.3 is 10.4 Å². The van der Waals surface area contributed by atoms with Crippen LogP contribution in [0.3, 0.4) is 0 Å². The highest BCUT2D eigenvalue weighted by Crippen LogP contribution is 2.32. The molecular weight excluding hydrogens is 254 g/mol. The minimum atomic E-state index is -0.851. The molecule has 1 amide bonds. The molecule has 1 saturated carbocycles. The quantitative estimate of drug-likeness (QED) is 0.868. The fourth-order valence-electron chi connectivity index (χ4n) is 2.95. The minimum Gasteiger partial charge on any atom is -0.481 e. The molecule has 0 heterocycles. The summed E-state index contributed by atoms with van der Waals surface area (Å²) in [5.41, 5.74) is 1.06. The zero-order valence-corrected chi connectivity index (χ0v) is 11.7. The second kappa shape index (κ2) is 6.55. The number of hydrogen-bond acceptors (Lipinski definition) is 2. The van der Waals surface area contributed by atoms with Crippen molar-refractivity contribution in [2.75, 3.05) is 0 Å². The Labute approximate surface area is 119 Å². The molecule has 0 spiro atoms. The summed E-state index contributed by atoms with van der Waals surface area (Å²) in [4.78, 5) is 23.5. The number of nitrogens with one attached hydrogen (secondary N) is 1. The van der Waals surface area contributed by atoms with Crippen molar-refractivity contribution >= 4 is 11.9 Å². The number of carboxylic acids is 1. The Bertz CT molecular complexity index is 472. The van der Waals surface area contributed by atoms with Crippen molar-refractivity contribution in [2.24, 2.45) is 11.8 Å². The van der Waals surface area contributed by atoms with Crippen molar-refractivity contribution in [1.82, 2.24) is 5.32 Å². The number of hydrogen-bond donors (Lipinski definition) is 2. The van der Waals surface area contributed by atoms with Crippen molar-refractivity contribution in [3.8, 4) is 0 Å². The molecule has 3 atom stereocenters. The van der Waals surface area contributed by atoms with Crippen LogP contribution in [-0.4, -0.2) is 17.0 Å². The van der Waals surface area contributed by atoms with Gasteiger partial charge in [-0.15, -0.1) is 0 Å². The molecule has 1 aliphatic rings. The lowest BCUT2D eigenvalue weighted by atomic mass is 9.94. The van der Waals surface area contributed by atoms with Gasteiger partial charge in [-0.3, -0.25) is 9.59 Å². The largest absolute Gasteiger partial charge is 0.481 e. The van der Waals surface area contributed by atoms with Crippen molar-refractivity contribution in [3.05, 3.63) is 35.9 Å². The van der Waals surface area contributed by atoms with E-state index in [0.29, 0.717) is 12.8 Å². The first-order chi connectivity index (χ1) is 9.63. The number of amides is 1. The number of carbonyl (C=O) groups is 2. The predicted octanol–water partition coefficient (Wildman–Crippen LogP) is 2.75. The van der Waals surface area contributed by atoms with Crippen molar-refractivity contribution in [1.29, 1.82) is 0 Å². The zero-order valence-electron chi connectivity index (χ0n) is 11.7. The van der Waals surface area contributed by atoms with E-state index >= 15 is 0 Å². The van der Waals surface area contributed by atoms with E-state index in [1.807, 2.05) is 37.3 Å². The topological polar surface area (TPSA) is 66.4 Å². The number of rotatable bonds is 5. The number of benzene rings is 1. The normalized spacial score (nSPS) is 23.2. The molecule has 1 aromatic rings. The minimum absolute atomic E-state index is 0.0428. The Hall–Kier alpha value is -1.84. The van der Waals surface area contributed by atoms with E-state index in [0.717, 1.165) is 18.4 Å². The van der Waals surface area contributed by atoms with E-state index in [-0.39, 0.29) is 17.9 Å². The van der Waals surface area contributed by atoms with Crippen LogP contribution in [0.15, 0.2) is 30.3 Å². The lowest BCUT2D eigenvalue weighted by Gasteiger charge is -2.22. The summed E-state index contributed by atoms with van der Waals surface area (Å²) in [5.74, 6) is -1.88. The molecule has 0 saturated heterocycles. The van der Waals surface area contributed by atoms with Gasteiger partial charge in [0, 0.05) is 0 Å². The molecule has 2 N–H and O–H groups in total. The zero-order chi connectivity index (χ0) is 14.5. The molecule has 1 fully saturated rings. The van der Waals surface area contributed by atoms with Gasteiger partial charge in [0.25, 0.3) is 0 Å². The Morgan fingerprint density at radius 1 is 1.25 bits per heavy atom. The van der Waals surface area contributed by atoms with Gasteiger partial charge in [0.1, 0.15) is 0 Å². The maximum absolute atomic E-state index is 12.3. The molecule has 0 radical (unpaired) electrons.